The molecule has 2 rings (SSSR count). The Morgan fingerprint density at radius 1 is 1.32 bits per heavy atom. The fourth-order valence-corrected chi connectivity index (χ4v) is 2.58. The van der Waals surface area contributed by atoms with Crippen LogP contribution in [0.5, 0.6) is 0 Å². The predicted molar refractivity (Wildman–Crippen MR) is 68.8 cm³/mol. The number of amides is 1. The van der Waals surface area contributed by atoms with Gasteiger partial charge in [0.05, 0.1) is 6.04 Å². The van der Waals surface area contributed by atoms with Crippen LogP contribution in [0.1, 0.15) is 24.3 Å². The van der Waals surface area contributed by atoms with Crippen molar-refractivity contribution in [2.75, 3.05) is 20.6 Å². The molecule has 5 heteroatoms. The predicted octanol–water partition coefficient (Wildman–Crippen LogP) is 1.89. The number of piperidine rings is 1. The SMILES string of the molecule is CN(C)C(=O)C1CC(c2c(F)cccc2F)CCN1. The number of hydrogen-bond acceptors (Lipinski definition) is 2. The van der Waals surface area contributed by atoms with Gasteiger partial charge in [0.1, 0.15) is 11.6 Å². The zero-order valence-corrected chi connectivity index (χ0v) is 11.1. The van der Waals surface area contributed by atoms with Gasteiger partial charge in [0.25, 0.3) is 0 Å². The first-order valence-electron chi connectivity index (χ1n) is 6.39. The summed E-state index contributed by atoms with van der Waals surface area (Å²) in [5.74, 6) is -1.36. The molecular weight excluding hydrogens is 250 g/mol. The van der Waals surface area contributed by atoms with E-state index in [1.165, 1.54) is 23.1 Å². The molecule has 1 aliphatic heterocycles. The highest BCUT2D eigenvalue weighted by atomic mass is 19.1. The lowest BCUT2D eigenvalue weighted by Crippen LogP contribution is -2.48. The van der Waals surface area contributed by atoms with Crippen LogP contribution in [0, 0.1) is 11.6 Å². The molecule has 1 aliphatic rings. The van der Waals surface area contributed by atoms with Crippen molar-refractivity contribution >= 4 is 5.91 Å². The van der Waals surface area contributed by atoms with E-state index in [1.54, 1.807) is 14.1 Å². The maximum absolute atomic E-state index is 13.8. The van der Waals surface area contributed by atoms with Gasteiger partial charge in [-0.2, -0.15) is 0 Å². The lowest BCUT2D eigenvalue weighted by molar-refractivity contribution is -0.131. The van der Waals surface area contributed by atoms with Crippen LogP contribution in [0.3, 0.4) is 0 Å². The quantitative estimate of drug-likeness (QED) is 0.888. The summed E-state index contributed by atoms with van der Waals surface area (Å²) in [5.41, 5.74) is 0.112. The summed E-state index contributed by atoms with van der Waals surface area (Å²) in [6.07, 6.45) is 1.06. The smallest absolute Gasteiger partial charge is 0.239 e. The zero-order chi connectivity index (χ0) is 14.0. The Morgan fingerprint density at radius 3 is 2.53 bits per heavy atom. The molecule has 0 aliphatic carbocycles. The summed E-state index contributed by atoms with van der Waals surface area (Å²) in [5, 5.41) is 3.10. The molecule has 0 bridgehead atoms. The van der Waals surface area contributed by atoms with E-state index >= 15 is 0 Å². The van der Waals surface area contributed by atoms with Gasteiger partial charge in [-0.3, -0.25) is 4.79 Å². The molecule has 1 aromatic carbocycles. The molecule has 1 heterocycles. The van der Waals surface area contributed by atoms with Crippen molar-refractivity contribution in [3.63, 3.8) is 0 Å². The van der Waals surface area contributed by atoms with Gasteiger partial charge in [-0.05, 0) is 37.4 Å². The fraction of sp³-hybridized carbons (Fsp3) is 0.500. The first kappa shape index (κ1) is 13.9. The van der Waals surface area contributed by atoms with Gasteiger partial charge in [0.2, 0.25) is 5.91 Å². The van der Waals surface area contributed by atoms with E-state index in [9.17, 15) is 13.6 Å². The molecule has 0 saturated carbocycles. The van der Waals surface area contributed by atoms with Crippen molar-refractivity contribution in [3.8, 4) is 0 Å². The van der Waals surface area contributed by atoms with Gasteiger partial charge < -0.3 is 10.2 Å². The molecule has 2 atom stereocenters. The van der Waals surface area contributed by atoms with Crippen LogP contribution in [0.15, 0.2) is 18.2 Å². The normalized spacial score (nSPS) is 23.2. The fourth-order valence-electron chi connectivity index (χ4n) is 2.58. The second-order valence-corrected chi connectivity index (χ2v) is 5.10. The minimum Gasteiger partial charge on any atom is -0.347 e. The summed E-state index contributed by atoms with van der Waals surface area (Å²) in [7, 11) is 3.36. The topological polar surface area (TPSA) is 32.3 Å². The molecule has 0 radical (unpaired) electrons. The number of carbonyl (C=O) groups excluding carboxylic acids is 1. The number of likely N-dealkylation sites (N-methyl/N-ethyl adjacent to an activating group) is 1. The highest BCUT2D eigenvalue weighted by molar-refractivity contribution is 5.81. The number of rotatable bonds is 2. The summed E-state index contributed by atoms with van der Waals surface area (Å²) in [4.78, 5) is 13.4. The van der Waals surface area contributed by atoms with E-state index in [4.69, 9.17) is 0 Å². The van der Waals surface area contributed by atoms with Crippen LogP contribution >= 0.6 is 0 Å². The molecule has 104 valence electrons. The van der Waals surface area contributed by atoms with E-state index in [2.05, 4.69) is 5.32 Å². The number of hydrogen-bond donors (Lipinski definition) is 1. The number of benzene rings is 1. The third kappa shape index (κ3) is 2.92. The molecule has 3 nitrogen and oxygen atoms in total. The average Bonchev–Trinajstić information content (AvgIpc) is 2.38. The van der Waals surface area contributed by atoms with Gasteiger partial charge in [-0.1, -0.05) is 6.07 Å². The average molecular weight is 268 g/mol. The Labute approximate surface area is 111 Å². The molecule has 1 fully saturated rings. The Bertz CT molecular complexity index is 456. The van der Waals surface area contributed by atoms with Crippen LogP contribution in [-0.2, 0) is 4.79 Å². The van der Waals surface area contributed by atoms with E-state index in [1.807, 2.05) is 0 Å². The second kappa shape index (κ2) is 5.65. The van der Waals surface area contributed by atoms with Gasteiger partial charge in [0.15, 0.2) is 0 Å². The minimum atomic E-state index is -0.525. The largest absolute Gasteiger partial charge is 0.347 e. The first-order valence-corrected chi connectivity index (χ1v) is 6.39. The maximum atomic E-state index is 13.8. The molecule has 19 heavy (non-hydrogen) atoms. The highest BCUT2D eigenvalue weighted by Gasteiger charge is 2.31. The summed E-state index contributed by atoms with van der Waals surface area (Å²) in [6, 6.07) is 3.53. The van der Waals surface area contributed by atoms with Crippen molar-refractivity contribution in [1.82, 2.24) is 10.2 Å². The monoisotopic (exact) mass is 268 g/mol. The zero-order valence-electron chi connectivity index (χ0n) is 11.1. The molecule has 1 aromatic rings. The number of carbonyl (C=O) groups is 1. The third-order valence-electron chi connectivity index (χ3n) is 3.55. The minimum absolute atomic E-state index is 0.0542. The maximum Gasteiger partial charge on any atom is 0.239 e. The molecule has 2 unspecified atom stereocenters. The summed E-state index contributed by atoms with van der Waals surface area (Å²) >= 11 is 0. The van der Waals surface area contributed by atoms with Crippen molar-refractivity contribution in [1.29, 1.82) is 0 Å². The Hall–Kier alpha value is -1.49. The standard InChI is InChI=1S/C14H18F2N2O/c1-18(2)14(19)12-8-9(6-7-17-12)13-10(15)4-3-5-11(13)16/h3-5,9,12,17H,6-8H2,1-2H3. The van der Waals surface area contributed by atoms with Crippen molar-refractivity contribution < 1.29 is 13.6 Å². The number of nitrogens with one attached hydrogen (secondary N) is 1. The Balaban J connectivity index is 2.20. The van der Waals surface area contributed by atoms with Crippen LogP contribution in [0.25, 0.3) is 0 Å². The van der Waals surface area contributed by atoms with Gasteiger partial charge in [-0.15, -0.1) is 0 Å². The van der Waals surface area contributed by atoms with Gasteiger partial charge in [0, 0.05) is 19.7 Å². The summed E-state index contributed by atoms with van der Waals surface area (Å²) in [6.45, 7) is 0.586. The molecule has 1 amide bonds. The molecule has 1 N–H and O–H groups in total. The van der Waals surface area contributed by atoms with Crippen molar-refractivity contribution in [3.05, 3.63) is 35.4 Å². The Morgan fingerprint density at radius 2 is 1.95 bits per heavy atom. The molecule has 1 saturated heterocycles. The molecule has 0 spiro atoms. The lowest BCUT2D eigenvalue weighted by Gasteiger charge is -2.31. The third-order valence-corrected chi connectivity index (χ3v) is 3.55. The van der Waals surface area contributed by atoms with Crippen LogP contribution in [0.2, 0.25) is 0 Å². The van der Waals surface area contributed by atoms with Crippen molar-refractivity contribution in [2.24, 2.45) is 0 Å². The van der Waals surface area contributed by atoms with Gasteiger partial charge >= 0.3 is 0 Å². The molecule has 0 aromatic heterocycles. The number of halogens is 2. The van der Waals surface area contributed by atoms with E-state index < -0.39 is 11.6 Å². The Kier molecular flexibility index (Phi) is 4.14. The second-order valence-electron chi connectivity index (χ2n) is 5.10. The molecular formula is C14H18F2N2O. The van der Waals surface area contributed by atoms with Crippen LogP contribution < -0.4 is 5.32 Å². The highest BCUT2D eigenvalue weighted by Crippen LogP contribution is 2.31. The van der Waals surface area contributed by atoms with Gasteiger partial charge in [-0.25, -0.2) is 8.78 Å². The van der Waals surface area contributed by atoms with E-state index in [-0.39, 0.29) is 23.4 Å². The van der Waals surface area contributed by atoms with Crippen LogP contribution in [0.4, 0.5) is 8.78 Å². The van der Waals surface area contributed by atoms with E-state index in [0.717, 1.165) is 0 Å². The van der Waals surface area contributed by atoms with Crippen LogP contribution in [-0.4, -0.2) is 37.5 Å². The van der Waals surface area contributed by atoms with Crippen molar-refractivity contribution in [2.45, 2.75) is 24.8 Å². The summed E-state index contributed by atoms with van der Waals surface area (Å²) < 4.78 is 27.5. The lowest BCUT2D eigenvalue weighted by atomic mass is 9.85. The van der Waals surface area contributed by atoms with E-state index in [0.29, 0.717) is 19.4 Å². The first-order chi connectivity index (χ1) is 9.00. The number of nitrogens with zero attached hydrogens (tertiary/aromatic N) is 1.